The van der Waals surface area contributed by atoms with Crippen molar-refractivity contribution in [2.45, 2.75) is 16.1 Å². The highest BCUT2D eigenvalue weighted by molar-refractivity contribution is 8.00. The Kier molecular flexibility index (Phi) is 7.18. The molecule has 2 aliphatic rings. The Morgan fingerprint density at radius 1 is 1.05 bits per heavy atom. The van der Waals surface area contributed by atoms with E-state index in [4.69, 9.17) is 21.1 Å². The summed E-state index contributed by atoms with van der Waals surface area (Å²) in [6.07, 6.45) is 0. The first-order valence-electron chi connectivity index (χ1n) is 12.1. The topological polar surface area (TPSA) is 102 Å². The normalized spacial score (nSPS) is 17.9. The maximum Gasteiger partial charge on any atom is 0.301 e. The van der Waals surface area contributed by atoms with Gasteiger partial charge in [0.1, 0.15) is 30.8 Å². The van der Waals surface area contributed by atoms with Crippen molar-refractivity contribution in [2.24, 2.45) is 0 Å². The minimum Gasteiger partial charge on any atom is -0.507 e. The molecule has 3 heterocycles. The molecule has 12 heteroatoms. The van der Waals surface area contributed by atoms with E-state index in [1.165, 1.54) is 36.0 Å². The molecule has 1 amide bonds. The van der Waals surface area contributed by atoms with Gasteiger partial charge in [-0.2, -0.15) is 0 Å². The summed E-state index contributed by atoms with van der Waals surface area (Å²) in [6.45, 7) is 0.713. The average molecular weight is 596 g/mol. The molecule has 40 heavy (non-hydrogen) atoms. The molecule has 6 rings (SSSR count). The van der Waals surface area contributed by atoms with Gasteiger partial charge in [-0.15, -0.1) is 10.2 Å². The molecule has 1 saturated heterocycles. The van der Waals surface area contributed by atoms with Crippen LogP contribution in [0.4, 0.5) is 9.52 Å². The molecule has 0 spiro atoms. The molecule has 1 atom stereocenters. The highest BCUT2D eigenvalue weighted by Gasteiger charge is 2.49. The second-order valence-electron chi connectivity index (χ2n) is 8.81. The number of aromatic nitrogens is 2. The summed E-state index contributed by atoms with van der Waals surface area (Å²) in [7, 11) is 0. The Bertz CT molecular complexity index is 1660. The summed E-state index contributed by atoms with van der Waals surface area (Å²) in [6, 6.07) is 16.6. The summed E-state index contributed by atoms with van der Waals surface area (Å²) < 4.78 is 26.8. The molecular formula is C28H19ClFN3O5S2. The van der Waals surface area contributed by atoms with Crippen LogP contribution in [0, 0.1) is 5.82 Å². The number of ether oxygens (including phenoxy) is 2. The summed E-state index contributed by atoms with van der Waals surface area (Å²) in [5.74, 6) is -1.57. The smallest absolute Gasteiger partial charge is 0.301 e. The van der Waals surface area contributed by atoms with E-state index in [9.17, 15) is 14.7 Å². The highest BCUT2D eigenvalue weighted by atomic mass is 35.5. The lowest BCUT2D eigenvalue weighted by atomic mass is 9.95. The Morgan fingerprint density at radius 2 is 1.80 bits per heavy atom. The number of amides is 1. The zero-order valence-electron chi connectivity index (χ0n) is 20.5. The van der Waals surface area contributed by atoms with E-state index in [0.717, 1.165) is 21.8 Å². The van der Waals surface area contributed by atoms with Crippen LogP contribution in [0.2, 0.25) is 5.02 Å². The largest absolute Gasteiger partial charge is 0.507 e. The van der Waals surface area contributed by atoms with Crippen LogP contribution in [-0.2, 0) is 15.3 Å². The number of aliphatic hydroxyl groups is 1. The van der Waals surface area contributed by atoms with E-state index < -0.39 is 29.3 Å². The summed E-state index contributed by atoms with van der Waals surface area (Å²) in [4.78, 5) is 27.9. The molecule has 3 aromatic carbocycles. The number of hydrogen-bond acceptors (Lipinski definition) is 9. The summed E-state index contributed by atoms with van der Waals surface area (Å²) in [5, 5.41) is 20.4. The lowest BCUT2D eigenvalue weighted by molar-refractivity contribution is -0.132. The van der Waals surface area contributed by atoms with E-state index in [1.807, 2.05) is 12.1 Å². The molecule has 0 radical (unpaired) electrons. The van der Waals surface area contributed by atoms with Crippen molar-refractivity contribution in [3.8, 4) is 11.5 Å². The SMILES string of the molecule is O=C1C(=O)N(c2nnc(SCc3ccc(Cl)cc3)s2)[C@@H](c2ccccc2F)C1=C(O)c1ccc2c(c1)OCCO2. The van der Waals surface area contributed by atoms with Crippen molar-refractivity contribution in [1.29, 1.82) is 0 Å². The predicted octanol–water partition coefficient (Wildman–Crippen LogP) is 6.02. The number of carbonyl (C=O) groups excluding carboxylic acids is 2. The molecule has 0 unspecified atom stereocenters. The first kappa shape index (κ1) is 26.3. The van der Waals surface area contributed by atoms with Gasteiger partial charge < -0.3 is 14.6 Å². The quantitative estimate of drug-likeness (QED) is 0.0949. The third-order valence-corrected chi connectivity index (χ3v) is 8.72. The molecule has 4 aromatic rings. The Morgan fingerprint density at radius 3 is 2.58 bits per heavy atom. The van der Waals surface area contributed by atoms with Gasteiger partial charge in [-0.05, 0) is 42.0 Å². The lowest BCUT2D eigenvalue weighted by Gasteiger charge is -2.23. The van der Waals surface area contributed by atoms with E-state index in [-0.39, 0.29) is 21.8 Å². The molecule has 0 aliphatic carbocycles. The number of halogens is 2. The van der Waals surface area contributed by atoms with Gasteiger partial charge in [0.25, 0.3) is 5.78 Å². The zero-order chi connectivity index (χ0) is 27.8. The molecule has 0 bridgehead atoms. The van der Waals surface area contributed by atoms with Crippen molar-refractivity contribution >= 4 is 57.3 Å². The van der Waals surface area contributed by atoms with Gasteiger partial charge in [0.05, 0.1) is 5.57 Å². The van der Waals surface area contributed by atoms with Crippen LogP contribution >= 0.6 is 34.7 Å². The second kappa shape index (κ2) is 10.9. The Labute approximate surface area is 241 Å². The molecule has 1 aromatic heterocycles. The van der Waals surface area contributed by atoms with Crippen molar-refractivity contribution in [1.82, 2.24) is 10.2 Å². The third-order valence-electron chi connectivity index (χ3n) is 6.34. The minimum atomic E-state index is -1.27. The van der Waals surface area contributed by atoms with Gasteiger partial charge in [-0.25, -0.2) is 4.39 Å². The van der Waals surface area contributed by atoms with E-state index in [1.54, 1.807) is 30.3 Å². The van der Waals surface area contributed by atoms with Crippen LogP contribution < -0.4 is 14.4 Å². The number of thioether (sulfide) groups is 1. The van der Waals surface area contributed by atoms with Crippen LogP contribution in [0.5, 0.6) is 11.5 Å². The number of Topliss-reactive ketones (excluding diaryl/α,β-unsaturated/α-hetero) is 1. The van der Waals surface area contributed by atoms with Gasteiger partial charge in [-0.3, -0.25) is 14.5 Å². The fourth-order valence-electron chi connectivity index (χ4n) is 4.45. The lowest BCUT2D eigenvalue weighted by Crippen LogP contribution is -2.29. The third kappa shape index (κ3) is 4.91. The zero-order valence-corrected chi connectivity index (χ0v) is 22.9. The average Bonchev–Trinajstić information content (AvgIpc) is 3.54. The minimum absolute atomic E-state index is 0.0337. The van der Waals surface area contributed by atoms with Crippen molar-refractivity contribution in [3.63, 3.8) is 0 Å². The molecule has 202 valence electrons. The monoisotopic (exact) mass is 595 g/mol. The Hall–Kier alpha value is -3.93. The van der Waals surface area contributed by atoms with Gasteiger partial charge in [0, 0.05) is 21.9 Å². The van der Waals surface area contributed by atoms with Crippen LogP contribution in [0.25, 0.3) is 5.76 Å². The number of carbonyl (C=O) groups is 2. The first-order chi connectivity index (χ1) is 19.4. The maximum absolute atomic E-state index is 15.2. The number of ketones is 1. The molecule has 0 saturated carbocycles. The summed E-state index contributed by atoms with van der Waals surface area (Å²) >= 11 is 8.45. The highest BCUT2D eigenvalue weighted by Crippen LogP contribution is 2.45. The molecule has 8 nitrogen and oxygen atoms in total. The van der Waals surface area contributed by atoms with Crippen LogP contribution in [0.15, 0.2) is 76.6 Å². The fraction of sp³-hybridized carbons (Fsp3) is 0.143. The van der Waals surface area contributed by atoms with Gasteiger partial charge in [-0.1, -0.05) is 65.0 Å². The number of benzene rings is 3. The van der Waals surface area contributed by atoms with Crippen LogP contribution in [0.3, 0.4) is 0 Å². The second-order valence-corrected chi connectivity index (χ2v) is 11.4. The Balaban J connectivity index is 1.39. The van der Waals surface area contributed by atoms with Gasteiger partial charge in [0.2, 0.25) is 5.13 Å². The first-order valence-corrected chi connectivity index (χ1v) is 14.2. The van der Waals surface area contributed by atoms with Crippen LogP contribution in [0.1, 0.15) is 22.7 Å². The number of aliphatic hydroxyl groups excluding tert-OH is 1. The van der Waals surface area contributed by atoms with Crippen LogP contribution in [-0.4, -0.2) is 40.2 Å². The number of nitrogens with zero attached hydrogens (tertiary/aromatic N) is 3. The van der Waals surface area contributed by atoms with Crippen molar-refractivity contribution < 1.29 is 28.6 Å². The molecule has 1 fully saturated rings. The molecule has 2 aliphatic heterocycles. The number of fused-ring (bicyclic) bond motifs is 1. The van der Waals surface area contributed by atoms with Crippen molar-refractivity contribution in [3.05, 3.63) is 99.8 Å². The van der Waals surface area contributed by atoms with E-state index in [0.29, 0.717) is 39.8 Å². The van der Waals surface area contributed by atoms with E-state index >= 15 is 4.39 Å². The molecular weight excluding hydrogens is 577 g/mol. The predicted molar refractivity (Wildman–Crippen MR) is 150 cm³/mol. The number of rotatable bonds is 6. The number of hydrogen-bond donors (Lipinski definition) is 1. The summed E-state index contributed by atoms with van der Waals surface area (Å²) in [5.41, 5.74) is 1.00. The van der Waals surface area contributed by atoms with E-state index in [2.05, 4.69) is 10.2 Å². The number of anilines is 1. The fourth-order valence-corrected chi connectivity index (χ4v) is 6.40. The molecule has 1 N–H and O–H groups in total. The standard InChI is InChI=1S/C28H19ClFN3O5S2/c29-17-8-5-15(6-9-17)14-39-28-32-31-27(40-28)33-23(18-3-1-2-4-19(18)30)22(25(35)26(33)36)24(34)16-7-10-20-21(13-16)38-12-11-37-20/h1-10,13,23,34H,11-12,14H2/t23-/m0/s1. The maximum atomic E-state index is 15.2. The van der Waals surface area contributed by atoms with Gasteiger partial charge in [0.15, 0.2) is 15.8 Å². The van der Waals surface area contributed by atoms with Gasteiger partial charge >= 0.3 is 5.91 Å². The van der Waals surface area contributed by atoms with Crippen molar-refractivity contribution in [2.75, 3.05) is 18.1 Å².